The van der Waals surface area contributed by atoms with E-state index in [0.717, 1.165) is 4.90 Å². The first kappa shape index (κ1) is 28.7. The molecule has 1 aromatic heterocycles. The van der Waals surface area contributed by atoms with Crippen LogP contribution < -0.4 is 16.0 Å². The van der Waals surface area contributed by atoms with E-state index in [2.05, 4.69) is 20.9 Å². The Labute approximate surface area is 240 Å². The van der Waals surface area contributed by atoms with Gasteiger partial charge in [-0.1, -0.05) is 30.3 Å². The molecular formula is C30H25N5O5S. The van der Waals surface area contributed by atoms with Crippen molar-refractivity contribution in [1.82, 2.24) is 10.3 Å². The van der Waals surface area contributed by atoms with Crippen LogP contribution in [0.25, 0.3) is 6.08 Å². The fourth-order valence-corrected chi connectivity index (χ4v) is 4.51. The Hall–Kier alpha value is -5.29. The first-order valence-electron chi connectivity index (χ1n) is 12.4. The molecule has 1 heterocycles. The van der Waals surface area contributed by atoms with Gasteiger partial charge in [0, 0.05) is 46.4 Å². The molecule has 10 nitrogen and oxygen atoms in total. The van der Waals surface area contributed by atoms with Crippen molar-refractivity contribution >= 4 is 52.6 Å². The molecule has 0 radical (unpaired) electrons. The van der Waals surface area contributed by atoms with E-state index in [1.807, 2.05) is 0 Å². The van der Waals surface area contributed by atoms with Crippen LogP contribution in [-0.4, -0.2) is 32.9 Å². The van der Waals surface area contributed by atoms with Crippen molar-refractivity contribution in [3.8, 4) is 0 Å². The Balaban J connectivity index is 1.44. The highest BCUT2D eigenvalue weighted by atomic mass is 32.2. The lowest BCUT2D eigenvalue weighted by Crippen LogP contribution is -2.30. The number of anilines is 2. The number of nitrogens with one attached hydrogen (secondary N) is 3. The largest absolute Gasteiger partial charge is 0.325 e. The first-order valence-corrected chi connectivity index (χ1v) is 13.3. The van der Waals surface area contributed by atoms with Gasteiger partial charge < -0.3 is 16.0 Å². The zero-order valence-electron chi connectivity index (χ0n) is 21.8. The van der Waals surface area contributed by atoms with Gasteiger partial charge in [0.2, 0.25) is 5.91 Å². The Bertz CT molecular complexity index is 1580. The average molecular weight is 568 g/mol. The molecule has 1 atom stereocenters. The van der Waals surface area contributed by atoms with E-state index in [-0.39, 0.29) is 17.3 Å². The number of benzene rings is 3. The lowest BCUT2D eigenvalue weighted by molar-refractivity contribution is -0.384. The van der Waals surface area contributed by atoms with Crippen LogP contribution in [0.15, 0.2) is 114 Å². The van der Waals surface area contributed by atoms with Crippen LogP contribution in [0.2, 0.25) is 0 Å². The third-order valence-corrected chi connectivity index (χ3v) is 6.74. The third-order valence-electron chi connectivity index (χ3n) is 5.64. The number of rotatable bonds is 10. The third kappa shape index (κ3) is 8.35. The normalized spacial score (nSPS) is 11.7. The number of nitro groups is 1. The number of carbonyl (C=O) groups excluding carboxylic acids is 3. The van der Waals surface area contributed by atoms with E-state index in [0.29, 0.717) is 22.5 Å². The van der Waals surface area contributed by atoms with Gasteiger partial charge in [-0.05, 0) is 67.1 Å². The SMILES string of the molecule is CC(Sc1cccc(NC(=O)/C(=C/c2cccnc2)NC(=O)c2ccccc2)c1)C(=O)Nc1ccc([N+](=O)[O-])cc1. The number of hydrogen-bond acceptors (Lipinski definition) is 7. The van der Waals surface area contributed by atoms with Crippen LogP contribution in [0.1, 0.15) is 22.8 Å². The van der Waals surface area contributed by atoms with Gasteiger partial charge in [-0.25, -0.2) is 0 Å². The van der Waals surface area contributed by atoms with E-state index < -0.39 is 22.0 Å². The predicted octanol–water partition coefficient (Wildman–Crippen LogP) is 5.52. The van der Waals surface area contributed by atoms with Crippen molar-refractivity contribution < 1.29 is 19.3 Å². The van der Waals surface area contributed by atoms with E-state index in [4.69, 9.17) is 0 Å². The average Bonchev–Trinajstić information content (AvgIpc) is 2.98. The number of hydrogen-bond donors (Lipinski definition) is 3. The summed E-state index contributed by atoms with van der Waals surface area (Å²) in [6.45, 7) is 1.73. The number of nitro benzene ring substituents is 1. The van der Waals surface area contributed by atoms with E-state index in [1.54, 1.807) is 86.0 Å². The van der Waals surface area contributed by atoms with Crippen LogP contribution in [0.5, 0.6) is 0 Å². The number of nitrogens with zero attached hydrogens (tertiary/aromatic N) is 2. The molecule has 0 saturated carbocycles. The molecule has 0 aliphatic rings. The second-order valence-electron chi connectivity index (χ2n) is 8.70. The van der Waals surface area contributed by atoms with Crippen LogP contribution in [0, 0.1) is 10.1 Å². The van der Waals surface area contributed by atoms with Gasteiger partial charge in [0.15, 0.2) is 0 Å². The van der Waals surface area contributed by atoms with E-state index >= 15 is 0 Å². The van der Waals surface area contributed by atoms with E-state index in [1.165, 1.54) is 42.1 Å². The molecule has 0 aliphatic heterocycles. The summed E-state index contributed by atoms with van der Waals surface area (Å²) >= 11 is 1.27. The van der Waals surface area contributed by atoms with Gasteiger partial charge in [-0.15, -0.1) is 11.8 Å². The molecule has 0 bridgehead atoms. The highest BCUT2D eigenvalue weighted by Crippen LogP contribution is 2.27. The van der Waals surface area contributed by atoms with Crippen molar-refractivity contribution in [3.63, 3.8) is 0 Å². The fraction of sp³-hybridized carbons (Fsp3) is 0.0667. The maximum Gasteiger partial charge on any atom is 0.272 e. The van der Waals surface area contributed by atoms with Crippen molar-refractivity contribution in [1.29, 1.82) is 0 Å². The quantitative estimate of drug-likeness (QED) is 0.0991. The van der Waals surface area contributed by atoms with Gasteiger partial charge in [-0.3, -0.25) is 29.5 Å². The Kier molecular flexibility index (Phi) is 9.57. The first-order chi connectivity index (χ1) is 19.8. The maximum atomic E-state index is 13.3. The second kappa shape index (κ2) is 13.7. The molecule has 4 rings (SSSR count). The van der Waals surface area contributed by atoms with Gasteiger partial charge in [-0.2, -0.15) is 0 Å². The Morgan fingerprint density at radius 3 is 2.34 bits per heavy atom. The lowest BCUT2D eigenvalue weighted by atomic mass is 10.2. The lowest BCUT2D eigenvalue weighted by Gasteiger charge is -2.14. The number of non-ortho nitro benzene ring substituents is 1. The number of aromatic nitrogens is 1. The number of carbonyl (C=O) groups is 3. The summed E-state index contributed by atoms with van der Waals surface area (Å²) < 4.78 is 0. The molecule has 1 unspecified atom stereocenters. The molecule has 11 heteroatoms. The molecule has 3 N–H and O–H groups in total. The molecular weight excluding hydrogens is 542 g/mol. The Morgan fingerprint density at radius 1 is 0.902 bits per heavy atom. The maximum absolute atomic E-state index is 13.3. The van der Waals surface area contributed by atoms with E-state index in [9.17, 15) is 24.5 Å². The van der Waals surface area contributed by atoms with Crippen molar-refractivity contribution in [2.45, 2.75) is 17.1 Å². The number of thioether (sulfide) groups is 1. The van der Waals surface area contributed by atoms with Crippen LogP contribution >= 0.6 is 11.8 Å². The molecule has 3 aromatic carbocycles. The molecule has 0 aliphatic carbocycles. The van der Waals surface area contributed by atoms with Gasteiger partial charge >= 0.3 is 0 Å². The van der Waals surface area contributed by atoms with Crippen molar-refractivity contribution in [3.05, 3.63) is 130 Å². The Morgan fingerprint density at radius 2 is 1.66 bits per heavy atom. The molecule has 0 spiro atoms. The molecule has 0 fully saturated rings. The molecule has 41 heavy (non-hydrogen) atoms. The summed E-state index contributed by atoms with van der Waals surface area (Å²) in [6, 6.07) is 24.6. The zero-order valence-corrected chi connectivity index (χ0v) is 22.6. The molecule has 4 aromatic rings. The highest BCUT2D eigenvalue weighted by molar-refractivity contribution is 8.00. The summed E-state index contributed by atoms with van der Waals surface area (Å²) in [7, 11) is 0. The minimum absolute atomic E-state index is 0.0285. The minimum Gasteiger partial charge on any atom is -0.325 e. The monoisotopic (exact) mass is 567 g/mol. The summed E-state index contributed by atoms with van der Waals surface area (Å²) in [5, 5.41) is 18.5. The predicted molar refractivity (Wildman–Crippen MR) is 158 cm³/mol. The number of amides is 3. The summed E-state index contributed by atoms with van der Waals surface area (Å²) in [5.74, 6) is -1.26. The van der Waals surface area contributed by atoms with Crippen molar-refractivity contribution in [2.24, 2.45) is 0 Å². The van der Waals surface area contributed by atoms with Crippen LogP contribution in [0.4, 0.5) is 17.1 Å². The summed E-state index contributed by atoms with van der Waals surface area (Å²) in [6.07, 6.45) is 4.71. The topological polar surface area (TPSA) is 143 Å². The fourth-order valence-electron chi connectivity index (χ4n) is 3.58. The number of pyridine rings is 1. The minimum atomic E-state index is -0.538. The summed E-state index contributed by atoms with van der Waals surface area (Å²) in [5.41, 5.74) is 1.90. The van der Waals surface area contributed by atoms with Crippen LogP contribution in [0.3, 0.4) is 0 Å². The second-order valence-corrected chi connectivity index (χ2v) is 10.1. The zero-order chi connectivity index (χ0) is 29.2. The molecule has 3 amide bonds. The smallest absolute Gasteiger partial charge is 0.272 e. The highest BCUT2D eigenvalue weighted by Gasteiger charge is 2.18. The molecule has 206 valence electrons. The van der Waals surface area contributed by atoms with Crippen LogP contribution in [-0.2, 0) is 9.59 Å². The standard InChI is InChI=1S/C30H25N5O5S/c1-20(28(36)32-23-12-14-25(15-13-23)35(39)40)41-26-11-5-10-24(18-26)33-30(38)27(17-21-7-6-16-31-19-21)34-29(37)22-8-3-2-4-9-22/h2-20H,1H3,(H,32,36)(H,33,38)(H,34,37)/b27-17-. The van der Waals surface area contributed by atoms with Crippen molar-refractivity contribution in [2.75, 3.05) is 10.6 Å². The van der Waals surface area contributed by atoms with Gasteiger partial charge in [0.05, 0.1) is 10.2 Å². The van der Waals surface area contributed by atoms with Gasteiger partial charge in [0.1, 0.15) is 5.70 Å². The summed E-state index contributed by atoms with van der Waals surface area (Å²) in [4.78, 5) is 53.9. The molecule has 0 saturated heterocycles. The van der Waals surface area contributed by atoms with Gasteiger partial charge in [0.25, 0.3) is 17.5 Å².